The Morgan fingerprint density at radius 2 is 2.00 bits per heavy atom. The third-order valence-electron chi connectivity index (χ3n) is 5.35. The largest absolute Gasteiger partial charge is 0.375 e. The third kappa shape index (κ3) is 3.32. The average Bonchev–Trinajstić information content (AvgIpc) is 2.47. The van der Waals surface area contributed by atoms with E-state index in [-0.39, 0.29) is 5.60 Å². The number of hydrogen-bond donors (Lipinski definition) is 1. The molecule has 3 heteroatoms. The Labute approximate surface area is 119 Å². The topological polar surface area (TPSA) is 24.5 Å². The van der Waals surface area contributed by atoms with Crippen molar-refractivity contribution in [1.82, 2.24) is 10.2 Å². The summed E-state index contributed by atoms with van der Waals surface area (Å²) in [5.41, 5.74) is 0.148. The van der Waals surface area contributed by atoms with Gasteiger partial charge in [-0.05, 0) is 39.0 Å². The molecule has 3 atom stereocenters. The van der Waals surface area contributed by atoms with E-state index in [0.717, 1.165) is 32.0 Å². The van der Waals surface area contributed by atoms with E-state index in [9.17, 15) is 0 Å². The normalized spacial score (nSPS) is 36.3. The van der Waals surface area contributed by atoms with Crippen LogP contribution in [0.15, 0.2) is 0 Å². The first-order valence-corrected chi connectivity index (χ1v) is 8.27. The molecule has 0 aliphatic carbocycles. The molecular weight excluding hydrogens is 236 g/mol. The van der Waals surface area contributed by atoms with Crippen LogP contribution in [0.5, 0.6) is 0 Å². The summed E-state index contributed by atoms with van der Waals surface area (Å²) in [6, 6.07) is 2.07. The Balaban J connectivity index is 2.06. The van der Waals surface area contributed by atoms with Crippen molar-refractivity contribution in [3.05, 3.63) is 0 Å². The molecule has 0 saturated carbocycles. The Hall–Kier alpha value is -0.120. The monoisotopic (exact) mass is 268 g/mol. The zero-order chi connectivity index (χ0) is 13.9. The van der Waals surface area contributed by atoms with Gasteiger partial charge in [0.15, 0.2) is 0 Å². The van der Waals surface area contributed by atoms with Crippen molar-refractivity contribution < 1.29 is 4.74 Å². The van der Waals surface area contributed by atoms with Crippen molar-refractivity contribution in [2.45, 2.75) is 83.5 Å². The predicted molar refractivity (Wildman–Crippen MR) is 80.5 cm³/mol. The van der Waals surface area contributed by atoms with E-state index in [1.54, 1.807) is 0 Å². The second-order valence-electron chi connectivity index (χ2n) is 6.45. The predicted octanol–water partition coefficient (Wildman–Crippen LogP) is 2.80. The van der Waals surface area contributed by atoms with Crippen LogP contribution in [-0.2, 0) is 4.74 Å². The zero-order valence-corrected chi connectivity index (χ0v) is 13.2. The minimum absolute atomic E-state index is 0.148. The standard InChI is InChI=1S/C16H32N2O/c1-5-14-11-17-13(4)12-18(14)15-8-9-19-16(6-2,7-3)10-15/h13-15,17H,5-12H2,1-4H3. The number of nitrogens with one attached hydrogen (secondary N) is 1. The molecule has 0 radical (unpaired) electrons. The fraction of sp³-hybridized carbons (Fsp3) is 1.00. The van der Waals surface area contributed by atoms with Crippen LogP contribution in [0.1, 0.15) is 59.8 Å². The molecule has 2 aliphatic rings. The van der Waals surface area contributed by atoms with Crippen LogP contribution >= 0.6 is 0 Å². The lowest BCUT2D eigenvalue weighted by Crippen LogP contribution is -2.61. The summed E-state index contributed by atoms with van der Waals surface area (Å²) in [6.45, 7) is 12.5. The highest BCUT2D eigenvalue weighted by atomic mass is 16.5. The van der Waals surface area contributed by atoms with Gasteiger partial charge in [-0.2, -0.15) is 0 Å². The molecule has 112 valence electrons. The van der Waals surface area contributed by atoms with Crippen molar-refractivity contribution in [3.63, 3.8) is 0 Å². The molecule has 0 aromatic rings. The van der Waals surface area contributed by atoms with E-state index < -0.39 is 0 Å². The summed E-state index contributed by atoms with van der Waals surface area (Å²) >= 11 is 0. The Bertz CT molecular complexity index is 278. The van der Waals surface area contributed by atoms with Crippen LogP contribution in [0, 0.1) is 0 Å². The molecular formula is C16H32N2O. The molecule has 0 aromatic heterocycles. The molecule has 19 heavy (non-hydrogen) atoms. The van der Waals surface area contributed by atoms with E-state index in [0.29, 0.717) is 12.1 Å². The van der Waals surface area contributed by atoms with E-state index in [4.69, 9.17) is 4.74 Å². The molecule has 2 fully saturated rings. The molecule has 2 saturated heterocycles. The average molecular weight is 268 g/mol. The molecule has 0 spiro atoms. The molecule has 0 amide bonds. The molecule has 2 heterocycles. The van der Waals surface area contributed by atoms with Crippen molar-refractivity contribution >= 4 is 0 Å². The lowest BCUT2D eigenvalue weighted by molar-refractivity contribution is -0.118. The maximum absolute atomic E-state index is 6.14. The highest BCUT2D eigenvalue weighted by Crippen LogP contribution is 2.35. The van der Waals surface area contributed by atoms with Gasteiger partial charge in [-0.3, -0.25) is 4.90 Å². The van der Waals surface area contributed by atoms with Crippen LogP contribution < -0.4 is 5.32 Å². The van der Waals surface area contributed by atoms with Gasteiger partial charge >= 0.3 is 0 Å². The summed E-state index contributed by atoms with van der Waals surface area (Å²) < 4.78 is 6.14. The second-order valence-corrected chi connectivity index (χ2v) is 6.45. The zero-order valence-electron chi connectivity index (χ0n) is 13.2. The molecule has 3 unspecified atom stereocenters. The quantitative estimate of drug-likeness (QED) is 0.848. The Morgan fingerprint density at radius 1 is 1.26 bits per heavy atom. The Morgan fingerprint density at radius 3 is 2.63 bits per heavy atom. The first kappa shape index (κ1) is 15.3. The molecule has 3 nitrogen and oxygen atoms in total. The van der Waals surface area contributed by atoms with Gasteiger partial charge in [0.25, 0.3) is 0 Å². The summed E-state index contributed by atoms with van der Waals surface area (Å²) in [5.74, 6) is 0. The number of nitrogens with zero attached hydrogens (tertiary/aromatic N) is 1. The van der Waals surface area contributed by atoms with Gasteiger partial charge in [-0.1, -0.05) is 20.8 Å². The van der Waals surface area contributed by atoms with Crippen LogP contribution in [-0.4, -0.2) is 48.3 Å². The van der Waals surface area contributed by atoms with Crippen molar-refractivity contribution in [3.8, 4) is 0 Å². The number of piperazine rings is 1. The molecule has 0 bridgehead atoms. The molecule has 1 N–H and O–H groups in total. The lowest BCUT2D eigenvalue weighted by Gasteiger charge is -2.49. The van der Waals surface area contributed by atoms with Gasteiger partial charge in [0.2, 0.25) is 0 Å². The molecule has 0 aromatic carbocycles. The van der Waals surface area contributed by atoms with Crippen molar-refractivity contribution in [2.75, 3.05) is 19.7 Å². The Kier molecular flexibility index (Phi) is 5.27. The fourth-order valence-electron chi connectivity index (χ4n) is 3.84. The molecule has 2 aliphatic heterocycles. The van der Waals surface area contributed by atoms with E-state index in [1.165, 1.54) is 25.8 Å². The van der Waals surface area contributed by atoms with E-state index >= 15 is 0 Å². The van der Waals surface area contributed by atoms with Crippen LogP contribution in [0.4, 0.5) is 0 Å². The van der Waals surface area contributed by atoms with Crippen molar-refractivity contribution in [2.24, 2.45) is 0 Å². The maximum Gasteiger partial charge on any atom is 0.0692 e. The third-order valence-corrected chi connectivity index (χ3v) is 5.35. The first-order valence-electron chi connectivity index (χ1n) is 8.27. The number of rotatable bonds is 4. The summed E-state index contributed by atoms with van der Waals surface area (Å²) in [5, 5.41) is 3.63. The van der Waals surface area contributed by atoms with Gasteiger partial charge < -0.3 is 10.1 Å². The van der Waals surface area contributed by atoms with Gasteiger partial charge in [0, 0.05) is 37.8 Å². The fourth-order valence-corrected chi connectivity index (χ4v) is 3.84. The molecule has 2 rings (SSSR count). The highest BCUT2D eigenvalue weighted by molar-refractivity contribution is 4.94. The number of hydrogen-bond acceptors (Lipinski definition) is 3. The maximum atomic E-state index is 6.14. The summed E-state index contributed by atoms with van der Waals surface area (Å²) in [4.78, 5) is 2.78. The summed E-state index contributed by atoms with van der Waals surface area (Å²) in [7, 11) is 0. The van der Waals surface area contributed by atoms with E-state index in [1.807, 2.05) is 0 Å². The van der Waals surface area contributed by atoms with Crippen molar-refractivity contribution in [1.29, 1.82) is 0 Å². The van der Waals surface area contributed by atoms with Crippen LogP contribution in [0.3, 0.4) is 0 Å². The van der Waals surface area contributed by atoms with Gasteiger partial charge in [-0.25, -0.2) is 0 Å². The van der Waals surface area contributed by atoms with Gasteiger partial charge in [0.1, 0.15) is 0 Å². The van der Waals surface area contributed by atoms with Gasteiger partial charge in [-0.15, -0.1) is 0 Å². The van der Waals surface area contributed by atoms with Crippen LogP contribution in [0.25, 0.3) is 0 Å². The first-order chi connectivity index (χ1) is 9.14. The minimum atomic E-state index is 0.148. The second kappa shape index (κ2) is 6.55. The SMILES string of the molecule is CCC1CNC(C)CN1C1CCOC(CC)(CC)C1. The lowest BCUT2D eigenvalue weighted by atomic mass is 9.84. The number of ether oxygens (including phenoxy) is 1. The van der Waals surface area contributed by atoms with Crippen LogP contribution in [0.2, 0.25) is 0 Å². The summed E-state index contributed by atoms with van der Waals surface area (Å²) in [6.07, 6.45) is 5.99. The van der Waals surface area contributed by atoms with Gasteiger partial charge in [0.05, 0.1) is 5.60 Å². The highest BCUT2D eigenvalue weighted by Gasteiger charge is 2.39. The minimum Gasteiger partial charge on any atom is -0.375 e. The van der Waals surface area contributed by atoms with E-state index in [2.05, 4.69) is 37.9 Å². The smallest absolute Gasteiger partial charge is 0.0692 e.